The van der Waals surface area contributed by atoms with E-state index in [4.69, 9.17) is 9.84 Å². The molecule has 1 atom stereocenters. The van der Waals surface area contributed by atoms with Gasteiger partial charge in [-0.15, -0.1) is 0 Å². The number of aromatic nitrogens is 2. The number of aryl methyl sites for hydroxylation is 1. The molecule has 0 aliphatic heterocycles. The second-order valence-electron chi connectivity index (χ2n) is 4.06. The van der Waals surface area contributed by atoms with E-state index in [1.54, 1.807) is 13.0 Å². The van der Waals surface area contributed by atoms with Crippen molar-refractivity contribution < 1.29 is 14.6 Å². The van der Waals surface area contributed by atoms with Crippen LogP contribution in [-0.4, -0.2) is 34.2 Å². The van der Waals surface area contributed by atoms with Gasteiger partial charge in [0.2, 0.25) is 0 Å². The fourth-order valence-corrected chi connectivity index (χ4v) is 1.55. The highest BCUT2D eigenvalue weighted by molar-refractivity contribution is 5.76. The summed E-state index contributed by atoms with van der Waals surface area (Å²) in [5.74, 6) is -0.401. The standard InChI is InChI=1S/C12H19N3O3/c1-4-5-6-9(11(16)17)14-10-7-8(2)13-12(15-10)18-3/h7,9H,4-6H2,1-3H3,(H,16,17)(H,13,14,15). The summed E-state index contributed by atoms with van der Waals surface area (Å²) in [7, 11) is 1.48. The van der Waals surface area contributed by atoms with E-state index in [9.17, 15) is 4.79 Å². The lowest BCUT2D eigenvalue weighted by atomic mass is 10.1. The first kappa shape index (κ1) is 14.2. The maximum absolute atomic E-state index is 11.1. The first-order chi connectivity index (χ1) is 8.56. The number of methoxy groups -OCH3 is 1. The smallest absolute Gasteiger partial charge is 0.326 e. The molecule has 0 aromatic carbocycles. The Morgan fingerprint density at radius 3 is 2.83 bits per heavy atom. The van der Waals surface area contributed by atoms with E-state index >= 15 is 0 Å². The summed E-state index contributed by atoms with van der Waals surface area (Å²) < 4.78 is 4.95. The van der Waals surface area contributed by atoms with E-state index < -0.39 is 12.0 Å². The molecule has 1 heterocycles. The van der Waals surface area contributed by atoms with Crippen molar-refractivity contribution in [3.8, 4) is 6.01 Å². The van der Waals surface area contributed by atoms with Gasteiger partial charge in [0.1, 0.15) is 11.9 Å². The molecule has 0 fully saturated rings. The van der Waals surface area contributed by atoms with Crippen LogP contribution in [0.15, 0.2) is 6.07 Å². The molecule has 0 saturated carbocycles. The molecule has 2 N–H and O–H groups in total. The highest BCUT2D eigenvalue weighted by atomic mass is 16.5. The van der Waals surface area contributed by atoms with Crippen LogP contribution in [0.4, 0.5) is 5.82 Å². The molecule has 1 aromatic rings. The Kier molecular flexibility index (Phi) is 5.35. The van der Waals surface area contributed by atoms with Gasteiger partial charge < -0.3 is 15.2 Å². The molecular weight excluding hydrogens is 234 g/mol. The summed E-state index contributed by atoms with van der Waals surface area (Å²) in [6.07, 6.45) is 2.37. The molecule has 6 nitrogen and oxygen atoms in total. The minimum Gasteiger partial charge on any atom is -0.480 e. The van der Waals surface area contributed by atoms with E-state index in [2.05, 4.69) is 15.3 Å². The molecule has 0 spiro atoms. The number of nitrogens with zero attached hydrogens (tertiary/aromatic N) is 2. The monoisotopic (exact) mass is 253 g/mol. The number of carboxylic acid groups (broad SMARTS) is 1. The predicted octanol–water partition coefficient (Wildman–Crippen LogP) is 1.85. The molecule has 0 radical (unpaired) electrons. The summed E-state index contributed by atoms with van der Waals surface area (Å²) in [4.78, 5) is 19.2. The number of ether oxygens (including phenoxy) is 1. The maximum Gasteiger partial charge on any atom is 0.326 e. The number of rotatable bonds is 7. The fourth-order valence-electron chi connectivity index (χ4n) is 1.55. The fraction of sp³-hybridized carbons (Fsp3) is 0.583. The van der Waals surface area contributed by atoms with E-state index in [0.29, 0.717) is 12.2 Å². The largest absolute Gasteiger partial charge is 0.480 e. The summed E-state index contributed by atoms with van der Waals surface area (Å²) in [5.41, 5.74) is 0.726. The van der Waals surface area contributed by atoms with Crippen molar-refractivity contribution >= 4 is 11.8 Å². The number of hydrogen-bond donors (Lipinski definition) is 2. The van der Waals surface area contributed by atoms with Crippen molar-refractivity contribution in [1.29, 1.82) is 0 Å². The van der Waals surface area contributed by atoms with Crippen LogP contribution in [0.3, 0.4) is 0 Å². The zero-order valence-corrected chi connectivity index (χ0v) is 10.9. The molecule has 18 heavy (non-hydrogen) atoms. The molecule has 0 bridgehead atoms. The Morgan fingerprint density at radius 2 is 2.28 bits per heavy atom. The van der Waals surface area contributed by atoms with Crippen LogP contribution in [0.5, 0.6) is 6.01 Å². The number of aliphatic carboxylic acids is 1. The van der Waals surface area contributed by atoms with Gasteiger partial charge in [-0.25, -0.2) is 9.78 Å². The third kappa shape index (κ3) is 4.20. The van der Waals surface area contributed by atoms with Crippen LogP contribution < -0.4 is 10.1 Å². The average molecular weight is 253 g/mol. The van der Waals surface area contributed by atoms with Crippen molar-refractivity contribution in [2.45, 2.75) is 39.2 Å². The Balaban J connectivity index is 2.79. The van der Waals surface area contributed by atoms with E-state index in [1.165, 1.54) is 7.11 Å². The molecule has 0 amide bonds. The summed E-state index contributed by atoms with van der Waals surface area (Å²) in [6.45, 7) is 3.83. The number of nitrogens with one attached hydrogen (secondary N) is 1. The number of hydrogen-bond acceptors (Lipinski definition) is 5. The van der Waals surface area contributed by atoms with Gasteiger partial charge in [0.25, 0.3) is 0 Å². The molecule has 1 rings (SSSR count). The summed E-state index contributed by atoms with van der Waals surface area (Å²) in [6, 6.07) is 1.30. The summed E-state index contributed by atoms with van der Waals surface area (Å²) in [5, 5.41) is 12.0. The zero-order valence-electron chi connectivity index (χ0n) is 10.9. The normalized spacial score (nSPS) is 11.9. The average Bonchev–Trinajstić information content (AvgIpc) is 2.33. The first-order valence-electron chi connectivity index (χ1n) is 5.95. The van der Waals surface area contributed by atoms with Gasteiger partial charge in [-0.05, 0) is 13.3 Å². The topological polar surface area (TPSA) is 84.3 Å². The number of unbranched alkanes of at least 4 members (excludes halogenated alkanes) is 1. The van der Waals surface area contributed by atoms with Crippen LogP contribution in [-0.2, 0) is 4.79 Å². The van der Waals surface area contributed by atoms with Crippen molar-refractivity contribution in [3.63, 3.8) is 0 Å². The number of carbonyl (C=O) groups is 1. The molecule has 1 unspecified atom stereocenters. The van der Waals surface area contributed by atoms with Gasteiger partial charge >= 0.3 is 12.0 Å². The molecule has 1 aromatic heterocycles. The minimum atomic E-state index is -0.876. The van der Waals surface area contributed by atoms with Crippen molar-refractivity contribution in [2.24, 2.45) is 0 Å². The van der Waals surface area contributed by atoms with Gasteiger partial charge in [-0.3, -0.25) is 0 Å². The van der Waals surface area contributed by atoms with Crippen LogP contribution >= 0.6 is 0 Å². The lowest BCUT2D eigenvalue weighted by molar-refractivity contribution is -0.138. The molecule has 0 aliphatic carbocycles. The van der Waals surface area contributed by atoms with Gasteiger partial charge in [0.05, 0.1) is 7.11 Å². The first-order valence-corrected chi connectivity index (χ1v) is 5.95. The Morgan fingerprint density at radius 1 is 1.56 bits per heavy atom. The van der Waals surface area contributed by atoms with Crippen molar-refractivity contribution in [1.82, 2.24) is 9.97 Å². The van der Waals surface area contributed by atoms with Gasteiger partial charge in [0.15, 0.2) is 0 Å². The van der Waals surface area contributed by atoms with Gasteiger partial charge in [-0.1, -0.05) is 19.8 Å². The van der Waals surface area contributed by atoms with Crippen LogP contribution in [0.1, 0.15) is 31.9 Å². The molecular formula is C12H19N3O3. The number of anilines is 1. The van der Waals surface area contributed by atoms with Crippen molar-refractivity contribution in [2.75, 3.05) is 12.4 Å². The maximum atomic E-state index is 11.1. The Bertz CT molecular complexity index is 410. The number of carboxylic acids is 1. The van der Waals surface area contributed by atoms with Gasteiger partial charge in [0, 0.05) is 11.8 Å². The van der Waals surface area contributed by atoms with Gasteiger partial charge in [-0.2, -0.15) is 4.98 Å². The molecule has 0 saturated heterocycles. The summed E-state index contributed by atoms with van der Waals surface area (Å²) >= 11 is 0. The molecule has 0 aliphatic rings. The zero-order chi connectivity index (χ0) is 13.5. The quantitative estimate of drug-likeness (QED) is 0.771. The Hall–Kier alpha value is -1.85. The van der Waals surface area contributed by atoms with E-state index in [-0.39, 0.29) is 6.01 Å². The van der Waals surface area contributed by atoms with Crippen LogP contribution in [0.2, 0.25) is 0 Å². The second-order valence-corrected chi connectivity index (χ2v) is 4.06. The van der Waals surface area contributed by atoms with Crippen LogP contribution in [0, 0.1) is 6.92 Å². The molecule has 100 valence electrons. The highest BCUT2D eigenvalue weighted by Gasteiger charge is 2.17. The lowest BCUT2D eigenvalue weighted by Gasteiger charge is -2.15. The SMILES string of the molecule is CCCCC(Nc1cc(C)nc(OC)n1)C(=O)O. The van der Waals surface area contributed by atoms with E-state index in [1.807, 2.05) is 6.92 Å². The lowest BCUT2D eigenvalue weighted by Crippen LogP contribution is -2.29. The third-order valence-electron chi connectivity index (χ3n) is 2.48. The third-order valence-corrected chi connectivity index (χ3v) is 2.48. The molecule has 6 heteroatoms. The second kappa shape index (κ2) is 6.78. The highest BCUT2D eigenvalue weighted by Crippen LogP contribution is 2.14. The van der Waals surface area contributed by atoms with E-state index in [0.717, 1.165) is 18.5 Å². The Labute approximate surface area is 106 Å². The van der Waals surface area contributed by atoms with Crippen LogP contribution in [0.25, 0.3) is 0 Å². The van der Waals surface area contributed by atoms with Crippen molar-refractivity contribution in [3.05, 3.63) is 11.8 Å². The predicted molar refractivity (Wildman–Crippen MR) is 67.9 cm³/mol. The minimum absolute atomic E-state index is 0.233.